The van der Waals surface area contributed by atoms with Crippen LogP contribution >= 0.6 is 11.5 Å². The van der Waals surface area contributed by atoms with Gasteiger partial charge in [-0.2, -0.15) is 4.37 Å². The smallest absolute Gasteiger partial charge is 0.205 e. The van der Waals surface area contributed by atoms with Crippen LogP contribution in [0.4, 0.5) is 5.13 Å². The highest BCUT2D eigenvalue weighted by atomic mass is 32.1. The van der Waals surface area contributed by atoms with Crippen LogP contribution in [0.1, 0.15) is 44.9 Å². The summed E-state index contributed by atoms with van der Waals surface area (Å²) in [7, 11) is 2.15. The first-order valence-electron chi connectivity index (χ1n) is 6.45. The van der Waals surface area contributed by atoms with E-state index in [2.05, 4.69) is 40.5 Å². The lowest BCUT2D eigenvalue weighted by Gasteiger charge is -2.25. The maximum absolute atomic E-state index is 4.63. The topological polar surface area (TPSA) is 41.1 Å². The molecule has 0 bridgehead atoms. The Kier molecular flexibility index (Phi) is 4.34. The van der Waals surface area contributed by atoms with Gasteiger partial charge in [-0.3, -0.25) is 0 Å². The van der Waals surface area contributed by atoms with Gasteiger partial charge in [0.05, 0.1) is 0 Å². The molecule has 0 radical (unpaired) electrons. The number of hydrogen-bond acceptors (Lipinski definition) is 5. The Morgan fingerprint density at radius 2 is 2.18 bits per heavy atom. The van der Waals surface area contributed by atoms with Gasteiger partial charge in [0, 0.05) is 30.5 Å². The monoisotopic (exact) mass is 254 g/mol. The molecule has 2 heterocycles. The summed E-state index contributed by atoms with van der Waals surface area (Å²) < 4.78 is 4.43. The van der Waals surface area contributed by atoms with Gasteiger partial charge in [-0.05, 0) is 32.4 Å². The zero-order valence-corrected chi connectivity index (χ0v) is 11.8. The zero-order valence-electron chi connectivity index (χ0n) is 10.9. The Morgan fingerprint density at radius 3 is 2.88 bits per heavy atom. The molecule has 1 aromatic rings. The molecule has 1 aliphatic heterocycles. The van der Waals surface area contributed by atoms with Crippen LogP contribution in [0, 0.1) is 0 Å². The quantitative estimate of drug-likeness (QED) is 0.898. The highest BCUT2D eigenvalue weighted by Crippen LogP contribution is 2.24. The molecular weight excluding hydrogens is 232 g/mol. The van der Waals surface area contributed by atoms with Gasteiger partial charge in [0.1, 0.15) is 5.82 Å². The summed E-state index contributed by atoms with van der Waals surface area (Å²) in [6, 6.07) is 0.609. The normalized spacial score (nSPS) is 21.5. The molecule has 0 aliphatic carbocycles. The fourth-order valence-electron chi connectivity index (χ4n) is 2.15. The summed E-state index contributed by atoms with van der Waals surface area (Å²) >= 11 is 1.53. The van der Waals surface area contributed by atoms with Gasteiger partial charge in [-0.1, -0.05) is 13.8 Å². The lowest BCUT2D eigenvalue weighted by atomic mass is 10.1. The van der Waals surface area contributed by atoms with Crippen LogP contribution in [0.3, 0.4) is 0 Å². The summed E-state index contributed by atoms with van der Waals surface area (Å²) in [4.78, 5) is 6.94. The van der Waals surface area contributed by atoms with E-state index in [-0.39, 0.29) is 0 Å². The van der Waals surface area contributed by atoms with Gasteiger partial charge in [-0.15, -0.1) is 0 Å². The van der Waals surface area contributed by atoms with Crippen molar-refractivity contribution in [3.05, 3.63) is 5.82 Å². The van der Waals surface area contributed by atoms with Crippen molar-refractivity contribution in [3.63, 3.8) is 0 Å². The Morgan fingerprint density at radius 1 is 1.35 bits per heavy atom. The van der Waals surface area contributed by atoms with Crippen LogP contribution < -0.4 is 10.2 Å². The van der Waals surface area contributed by atoms with Crippen molar-refractivity contribution in [1.29, 1.82) is 0 Å². The van der Waals surface area contributed by atoms with Crippen molar-refractivity contribution in [2.24, 2.45) is 0 Å². The van der Waals surface area contributed by atoms with Gasteiger partial charge >= 0.3 is 0 Å². The molecule has 96 valence electrons. The molecule has 2 rings (SSSR count). The Hall–Kier alpha value is -0.680. The number of anilines is 1. The molecule has 1 N–H and O–H groups in total. The largest absolute Gasteiger partial charge is 0.347 e. The van der Waals surface area contributed by atoms with Crippen molar-refractivity contribution < 1.29 is 0 Å². The van der Waals surface area contributed by atoms with Crippen molar-refractivity contribution in [2.75, 3.05) is 25.0 Å². The first kappa shape index (κ1) is 12.8. The van der Waals surface area contributed by atoms with E-state index in [0.29, 0.717) is 12.0 Å². The molecule has 1 fully saturated rings. The highest BCUT2D eigenvalue weighted by molar-refractivity contribution is 7.09. The van der Waals surface area contributed by atoms with E-state index in [9.17, 15) is 0 Å². The fourth-order valence-corrected chi connectivity index (χ4v) is 2.99. The molecule has 0 saturated carbocycles. The third-order valence-electron chi connectivity index (χ3n) is 3.34. The lowest BCUT2D eigenvalue weighted by molar-refractivity contribution is 0.565. The molecule has 5 heteroatoms. The Labute approximate surface area is 108 Å². The summed E-state index contributed by atoms with van der Waals surface area (Å²) in [6.07, 6.45) is 3.71. The van der Waals surface area contributed by atoms with Crippen LogP contribution in [-0.4, -0.2) is 35.5 Å². The van der Waals surface area contributed by atoms with Gasteiger partial charge in [-0.25, -0.2) is 4.98 Å². The summed E-state index contributed by atoms with van der Waals surface area (Å²) in [6.45, 7) is 6.55. The molecule has 0 aromatic carbocycles. The van der Waals surface area contributed by atoms with E-state index in [4.69, 9.17) is 0 Å². The third-order valence-corrected chi connectivity index (χ3v) is 4.16. The number of nitrogens with zero attached hydrogens (tertiary/aromatic N) is 3. The van der Waals surface area contributed by atoms with Gasteiger partial charge < -0.3 is 10.2 Å². The zero-order chi connectivity index (χ0) is 12.3. The van der Waals surface area contributed by atoms with E-state index < -0.39 is 0 Å². The van der Waals surface area contributed by atoms with Crippen LogP contribution in [0.15, 0.2) is 0 Å². The number of hydrogen-bond donors (Lipinski definition) is 1. The molecule has 17 heavy (non-hydrogen) atoms. The van der Waals surface area contributed by atoms with Crippen molar-refractivity contribution in [1.82, 2.24) is 14.7 Å². The minimum absolute atomic E-state index is 0.421. The van der Waals surface area contributed by atoms with Crippen LogP contribution in [0.5, 0.6) is 0 Å². The molecule has 0 amide bonds. The molecule has 0 spiro atoms. The predicted octanol–water partition coefficient (Wildman–Crippen LogP) is 2.24. The number of aromatic nitrogens is 2. The molecule has 1 unspecified atom stereocenters. The average molecular weight is 254 g/mol. The third kappa shape index (κ3) is 3.16. The minimum Gasteiger partial charge on any atom is -0.347 e. The summed E-state index contributed by atoms with van der Waals surface area (Å²) in [5.41, 5.74) is 0. The van der Waals surface area contributed by atoms with E-state index >= 15 is 0 Å². The standard InChI is InChI=1S/C12H22N4S/c1-9(2)11-14-12(17-15-11)16(3)10-5-4-7-13-8-6-10/h9-10,13H,4-8H2,1-3H3. The summed E-state index contributed by atoms with van der Waals surface area (Å²) in [5.74, 6) is 1.40. The highest BCUT2D eigenvalue weighted by Gasteiger charge is 2.20. The number of nitrogens with one attached hydrogen (secondary N) is 1. The number of rotatable bonds is 3. The molecule has 1 saturated heterocycles. The molecule has 1 aliphatic rings. The molecular formula is C12H22N4S. The van der Waals surface area contributed by atoms with Crippen LogP contribution in [0.2, 0.25) is 0 Å². The SMILES string of the molecule is CC(C)c1nsc(N(C)C2CCCNCC2)n1. The first-order valence-corrected chi connectivity index (χ1v) is 7.23. The molecule has 1 atom stereocenters. The van der Waals surface area contributed by atoms with E-state index in [0.717, 1.165) is 24.0 Å². The van der Waals surface area contributed by atoms with Gasteiger partial charge in [0.15, 0.2) is 0 Å². The predicted molar refractivity (Wildman–Crippen MR) is 72.9 cm³/mol. The Balaban J connectivity index is 2.03. The minimum atomic E-state index is 0.421. The second-order valence-electron chi connectivity index (χ2n) is 5.04. The van der Waals surface area contributed by atoms with Crippen molar-refractivity contribution in [2.45, 2.75) is 45.1 Å². The van der Waals surface area contributed by atoms with Crippen LogP contribution in [0.25, 0.3) is 0 Å². The van der Waals surface area contributed by atoms with E-state index in [1.54, 1.807) is 0 Å². The second-order valence-corrected chi connectivity index (χ2v) is 5.77. The lowest BCUT2D eigenvalue weighted by Crippen LogP contribution is -2.32. The fraction of sp³-hybridized carbons (Fsp3) is 0.833. The van der Waals surface area contributed by atoms with E-state index in [1.165, 1.54) is 30.8 Å². The second kappa shape index (κ2) is 5.78. The van der Waals surface area contributed by atoms with Crippen molar-refractivity contribution >= 4 is 16.7 Å². The van der Waals surface area contributed by atoms with Crippen molar-refractivity contribution in [3.8, 4) is 0 Å². The molecule has 1 aromatic heterocycles. The molecule has 4 nitrogen and oxygen atoms in total. The maximum atomic E-state index is 4.63. The maximum Gasteiger partial charge on any atom is 0.205 e. The summed E-state index contributed by atoms with van der Waals surface area (Å²) in [5, 5.41) is 4.52. The van der Waals surface area contributed by atoms with E-state index in [1.807, 2.05) is 0 Å². The Bertz CT molecular complexity index is 342. The average Bonchev–Trinajstić information content (AvgIpc) is 2.65. The first-order chi connectivity index (χ1) is 8.18. The van der Waals surface area contributed by atoms with Gasteiger partial charge in [0.25, 0.3) is 0 Å². The van der Waals surface area contributed by atoms with Gasteiger partial charge in [0.2, 0.25) is 5.13 Å². The van der Waals surface area contributed by atoms with Crippen LogP contribution in [-0.2, 0) is 0 Å².